The van der Waals surface area contributed by atoms with E-state index < -0.39 is 0 Å². The lowest BCUT2D eigenvalue weighted by Crippen LogP contribution is -2.36. The van der Waals surface area contributed by atoms with Gasteiger partial charge in [0.2, 0.25) is 0 Å². The number of nitrogens with one attached hydrogen (secondary N) is 2. The molecule has 7 nitrogen and oxygen atoms in total. The molecule has 2 amide bonds. The Balaban J connectivity index is 1.31. The second-order valence-corrected chi connectivity index (χ2v) is 6.32. The van der Waals surface area contributed by atoms with Crippen molar-refractivity contribution in [3.05, 3.63) is 5.82 Å². The SMILES string of the molecule is Cn1nnc(CNC(=O)NC[C@@H]2C[C@H]2C2CCCCC2)n1. The van der Waals surface area contributed by atoms with Crippen LogP contribution in [0.15, 0.2) is 0 Å². The highest BCUT2D eigenvalue weighted by molar-refractivity contribution is 5.73. The molecule has 0 saturated heterocycles. The number of tetrazole rings is 1. The second-order valence-electron chi connectivity index (χ2n) is 6.32. The van der Waals surface area contributed by atoms with Crippen LogP contribution in [0.4, 0.5) is 4.79 Å². The number of hydrogen-bond acceptors (Lipinski definition) is 4. The van der Waals surface area contributed by atoms with Crippen LogP contribution in [0.25, 0.3) is 0 Å². The third-order valence-corrected chi connectivity index (χ3v) is 4.71. The van der Waals surface area contributed by atoms with Gasteiger partial charge in [-0.05, 0) is 29.4 Å². The molecule has 0 aliphatic heterocycles. The molecule has 2 atom stereocenters. The molecule has 2 N–H and O–H groups in total. The average molecular weight is 292 g/mol. The monoisotopic (exact) mass is 292 g/mol. The molecule has 2 aliphatic rings. The number of aromatic nitrogens is 4. The first-order valence-electron chi connectivity index (χ1n) is 7.97. The van der Waals surface area contributed by atoms with E-state index >= 15 is 0 Å². The summed E-state index contributed by atoms with van der Waals surface area (Å²) < 4.78 is 0. The first-order chi connectivity index (χ1) is 10.2. The Morgan fingerprint density at radius 2 is 2.10 bits per heavy atom. The number of urea groups is 1. The van der Waals surface area contributed by atoms with Gasteiger partial charge in [0.1, 0.15) is 0 Å². The van der Waals surface area contributed by atoms with Gasteiger partial charge in [0, 0.05) is 6.54 Å². The molecule has 2 aliphatic carbocycles. The Hall–Kier alpha value is -1.66. The molecule has 7 heteroatoms. The maximum Gasteiger partial charge on any atom is 0.315 e. The van der Waals surface area contributed by atoms with E-state index in [9.17, 15) is 4.79 Å². The number of aryl methyl sites for hydroxylation is 1. The highest BCUT2D eigenvalue weighted by Crippen LogP contribution is 2.48. The van der Waals surface area contributed by atoms with Crippen molar-refractivity contribution < 1.29 is 4.79 Å². The molecule has 1 heterocycles. The van der Waals surface area contributed by atoms with Gasteiger partial charge in [-0.3, -0.25) is 0 Å². The molecule has 0 bridgehead atoms. The number of nitrogens with zero attached hydrogens (tertiary/aromatic N) is 4. The molecule has 0 unspecified atom stereocenters. The Kier molecular flexibility index (Phi) is 4.36. The first kappa shape index (κ1) is 14.3. The third kappa shape index (κ3) is 3.92. The van der Waals surface area contributed by atoms with E-state index in [1.807, 2.05) is 0 Å². The van der Waals surface area contributed by atoms with Crippen LogP contribution in [0.3, 0.4) is 0 Å². The molecule has 2 saturated carbocycles. The Labute approximate surface area is 124 Å². The quantitative estimate of drug-likeness (QED) is 0.854. The highest BCUT2D eigenvalue weighted by atomic mass is 16.2. The maximum absolute atomic E-state index is 11.7. The minimum Gasteiger partial charge on any atom is -0.338 e. The van der Waals surface area contributed by atoms with Crippen molar-refractivity contribution in [3.63, 3.8) is 0 Å². The number of carbonyl (C=O) groups is 1. The van der Waals surface area contributed by atoms with Crippen LogP contribution >= 0.6 is 0 Å². The lowest BCUT2D eigenvalue weighted by molar-refractivity contribution is 0.238. The molecule has 1 aromatic heterocycles. The van der Waals surface area contributed by atoms with Gasteiger partial charge in [-0.25, -0.2) is 4.79 Å². The third-order valence-electron chi connectivity index (χ3n) is 4.71. The fourth-order valence-corrected chi connectivity index (χ4v) is 3.49. The summed E-state index contributed by atoms with van der Waals surface area (Å²) in [5, 5.41) is 17.3. The first-order valence-corrected chi connectivity index (χ1v) is 7.97. The van der Waals surface area contributed by atoms with Crippen molar-refractivity contribution in [1.29, 1.82) is 0 Å². The van der Waals surface area contributed by atoms with Crippen molar-refractivity contribution >= 4 is 6.03 Å². The zero-order valence-corrected chi connectivity index (χ0v) is 12.6. The van der Waals surface area contributed by atoms with Crippen molar-refractivity contribution in [2.75, 3.05) is 6.54 Å². The number of hydrogen-bond donors (Lipinski definition) is 2. The van der Waals surface area contributed by atoms with E-state index in [2.05, 4.69) is 26.0 Å². The zero-order valence-electron chi connectivity index (χ0n) is 12.6. The molecule has 1 aromatic rings. The predicted molar refractivity (Wildman–Crippen MR) is 77.2 cm³/mol. The molecule has 21 heavy (non-hydrogen) atoms. The van der Waals surface area contributed by atoms with Gasteiger partial charge in [0.05, 0.1) is 13.6 Å². The Morgan fingerprint density at radius 1 is 1.29 bits per heavy atom. The van der Waals surface area contributed by atoms with Gasteiger partial charge >= 0.3 is 6.03 Å². The van der Waals surface area contributed by atoms with Gasteiger partial charge in [-0.15, -0.1) is 10.2 Å². The summed E-state index contributed by atoms with van der Waals surface area (Å²) in [6.07, 6.45) is 8.28. The van der Waals surface area contributed by atoms with Gasteiger partial charge in [-0.2, -0.15) is 4.80 Å². The van der Waals surface area contributed by atoms with E-state index in [1.54, 1.807) is 7.05 Å². The van der Waals surface area contributed by atoms with Crippen molar-refractivity contribution in [3.8, 4) is 0 Å². The van der Waals surface area contributed by atoms with Crippen molar-refractivity contribution in [1.82, 2.24) is 30.8 Å². The summed E-state index contributed by atoms with van der Waals surface area (Å²) in [5.74, 6) is 2.98. The van der Waals surface area contributed by atoms with Crippen molar-refractivity contribution in [2.45, 2.75) is 45.1 Å². The average Bonchev–Trinajstić information content (AvgIpc) is 3.17. The standard InChI is InChI=1S/C14H24N6O/c1-20-18-13(17-19-20)9-16-14(21)15-8-11-7-12(11)10-5-3-2-4-6-10/h10-12H,2-9H2,1H3,(H2,15,16,21)/t11-,12-/m0/s1. The topological polar surface area (TPSA) is 84.7 Å². The van der Waals surface area contributed by atoms with E-state index in [4.69, 9.17) is 0 Å². The summed E-state index contributed by atoms with van der Waals surface area (Å²) in [6.45, 7) is 1.11. The van der Waals surface area contributed by atoms with Gasteiger partial charge in [-0.1, -0.05) is 32.1 Å². The lowest BCUT2D eigenvalue weighted by Gasteiger charge is -2.21. The normalized spacial score (nSPS) is 25.6. The van der Waals surface area contributed by atoms with Gasteiger partial charge in [0.25, 0.3) is 0 Å². The van der Waals surface area contributed by atoms with Crippen LogP contribution in [0.2, 0.25) is 0 Å². The van der Waals surface area contributed by atoms with Crippen molar-refractivity contribution in [2.24, 2.45) is 24.8 Å². The molecule has 0 radical (unpaired) electrons. The minimum absolute atomic E-state index is 0.142. The van der Waals surface area contributed by atoms with Crippen LogP contribution < -0.4 is 10.6 Å². The van der Waals surface area contributed by atoms with Crippen LogP contribution in [-0.4, -0.2) is 32.8 Å². The molecule has 0 aromatic carbocycles. The van der Waals surface area contributed by atoms with E-state index in [-0.39, 0.29) is 6.03 Å². The summed E-state index contributed by atoms with van der Waals surface area (Å²) >= 11 is 0. The Morgan fingerprint density at radius 3 is 2.81 bits per heavy atom. The fourth-order valence-electron chi connectivity index (χ4n) is 3.49. The summed E-state index contributed by atoms with van der Waals surface area (Å²) in [5.41, 5.74) is 0. The summed E-state index contributed by atoms with van der Waals surface area (Å²) in [6, 6.07) is -0.142. The molecular formula is C14H24N6O. The smallest absolute Gasteiger partial charge is 0.315 e. The molecule has 116 valence electrons. The lowest BCUT2D eigenvalue weighted by atomic mass is 9.85. The summed E-state index contributed by atoms with van der Waals surface area (Å²) in [7, 11) is 1.70. The maximum atomic E-state index is 11.7. The number of carbonyl (C=O) groups excluding carboxylic acids is 1. The second kappa shape index (κ2) is 6.41. The fraction of sp³-hybridized carbons (Fsp3) is 0.857. The predicted octanol–water partition coefficient (Wildman–Crippen LogP) is 1.23. The summed E-state index contributed by atoms with van der Waals surface area (Å²) in [4.78, 5) is 13.1. The van der Waals surface area contributed by atoms with Crippen LogP contribution in [0.1, 0.15) is 44.3 Å². The molecule has 0 spiro atoms. The van der Waals surface area contributed by atoms with E-state index in [0.29, 0.717) is 18.3 Å². The van der Waals surface area contributed by atoms with Gasteiger partial charge < -0.3 is 10.6 Å². The zero-order chi connectivity index (χ0) is 14.7. The number of rotatable bonds is 5. The van der Waals surface area contributed by atoms with Crippen LogP contribution in [0, 0.1) is 17.8 Å². The van der Waals surface area contributed by atoms with Crippen LogP contribution in [0.5, 0.6) is 0 Å². The minimum atomic E-state index is -0.142. The molecule has 2 fully saturated rings. The highest BCUT2D eigenvalue weighted by Gasteiger charge is 2.42. The molecular weight excluding hydrogens is 268 g/mol. The number of amides is 2. The van der Waals surface area contributed by atoms with E-state index in [0.717, 1.165) is 18.4 Å². The molecule has 3 rings (SSSR count). The Bertz CT molecular complexity index is 482. The largest absolute Gasteiger partial charge is 0.338 e. The van der Waals surface area contributed by atoms with Crippen LogP contribution in [-0.2, 0) is 13.6 Å². The van der Waals surface area contributed by atoms with E-state index in [1.165, 1.54) is 43.3 Å². The van der Waals surface area contributed by atoms with Gasteiger partial charge in [0.15, 0.2) is 5.82 Å².